The summed E-state index contributed by atoms with van der Waals surface area (Å²) in [5, 5.41) is 13.5. The number of halogens is 1. The van der Waals surface area contributed by atoms with Gasteiger partial charge in [0, 0.05) is 19.4 Å². The van der Waals surface area contributed by atoms with Gasteiger partial charge < -0.3 is 15.2 Å². The minimum absolute atomic E-state index is 0.0190. The molecule has 2 aliphatic rings. The van der Waals surface area contributed by atoms with E-state index in [4.69, 9.17) is 4.74 Å². The van der Waals surface area contributed by atoms with Crippen LogP contribution in [0.5, 0.6) is 11.5 Å². The summed E-state index contributed by atoms with van der Waals surface area (Å²) < 4.78 is 19.5. The number of nitrogens with one attached hydrogen (secondary N) is 1. The van der Waals surface area contributed by atoms with Crippen LogP contribution in [0, 0.1) is 11.7 Å². The normalized spacial score (nSPS) is 17.9. The first-order chi connectivity index (χ1) is 16.4. The average Bonchev–Trinajstić information content (AvgIpc) is 3.65. The monoisotopic (exact) mass is 463 g/mol. The molecule has 0 radical (unpaired) electrons. The Bertz CT molecular complexity index is 1130. The summed E-state index contributed by atoms with van der Waals surface area (Å²) in [6.07, 6.45) is 4.98. The van der Waals surface area contributed by atoms with Crippen molar-refractivity contribution in [3.8, 4) is 11.5 Å². The first kappa shape index (κ1) is 23.7. The lowest BCUT2D eigenvalue weighted by Gasteiger charge is -2.17. The van der Waals surface area contributed by atoms with E-state index in [1.54, 1.807) is 18.2 Å². The third kappa shape index (κ3) is 6.13. The van der Waals surface area contributed by atoms with Crippen molar-refractivity contribution in [1.29, 1.82) is 0 Å². The lowest BCUT2D eigenvalue weighted by Crippen LogP contribution is -2.28. The van der Waals surface area contributed by atoms with E-state index in [9.17, 15) is 19.1 Å². The number of carbonyl (C=O) groups is 2. The molecule has 5 nitrogen and oxygen atoms in total. The van der Waals surface area contributed by atoms with Gasteiger partial charge in [-0.2, -0.15) is 0 Å². The Morgan fingerprint density at radius 1 is 1.09 bits per heavy atom. The smallest absolute Gasteiger partial charge is 0.254 e. The number of ether oxygens (including phenoxy) is 1. The quantitative estimate of drug-likeness (QED) is 0.507. The second kappa shape index (κ2) is 10.7. The first-order valence-corrected chi connectivity index (χ1v) is 11.8. The highest BCUT2D eigenvalue weighted by Gasteiger charge is 2.31. The van der Waals surface area contributed by atoms with Crippen molar-refractivity contribution in [3.63, 3.8) is 0 Å². The molecule has 2 N–H and O–H groups in total. The Hall–Kier alpha value is -3.41. The SMILES string of the molecule is CC(=O)CCNC(=O)C1=C(O)CCC(Cc2ccc(Oc3ccccc3F)cc2)CC1=C1CC1. The van der Waals surface area contributed by atoms with Crippen LogP contribution in [-0.2, 0) is 16.0 Å². The van der Waals surface area contributed by atoms with Crippen molar-refractivity contribution in [3.05, 3.63) is 82.4 Å². The van der Waals surface area contributed by atoms with Crippen LogP contribution >= 0.6 is 0 Å². The van der Waals surface area contributed by atoms with Crippen molar-refractivity contribution in [2.75, 3.05) is 6.54 Å². The number of hydrogen-bond acceptors (Lipinski definition) is 4. The molecule has 1 atom stereocenters. The molecule has 2 aromatic rings. The van der Waals surface area contributed by atoms with Crippen molar-refractivity contribution >= 4 is 11.7 Å². The van der Waals surface area contributed by atoms with E-state index < -0.39 is 5.82 Å². The van der Waals surface area contributed by atoms with Gasteiger partial charge in [-0.1, -0.05) is 29.8 Å². The molecule has 0 spiro atoms. The fourth-order valence-electron chi connectivity index (χ4n) is 4.38. The number of Topliss-reactive ketones (excluding diaryl/α,β-unsaturated/α-hetero) is 1. The highest BCUT2D eigenvalue weighted by atomic mass is 19.1. The fraction of sp³-hybridized carbons (Fsp3) is 0.357. The molecule has 0 aliphatic heterocycles. The molecule has 4 rings (SSSR count). The van der Waals surface area contributed by atoms with E-state index in [0.717, 1.165) is 43.2 Å². The number of carbonyl (C=O) groups excluding carboxylic acids is 2. The standard InChI is InChI=1S/C28H30FNO4/c1-18(31)14-15-30-28(33)27-23(21-9-10-21)17-20(8-13-25(27)32)16-19-6-11-22(12-7-19)34-26-5-3-2-4-24(26)29/h2-7,11-12,20,32H,8-10,13-17H2,1H3,(H,30,33). The molecule has 0 bridgehead atoms. The molecular formula is C28H30FNO4. The molecular weight excluding hydrogens is 433 g/mol. The minimum Gasteiger partial charge on any atom is -0.511 e. The highest BCUT2D eigenvalue weighted by Crippen LogP contribution is 2.42. The second-order valence-corrected chi connectivity index (χ2v) is 9.10. The number of para-hydroxylation sites is 1. The molecule has 2 aliphatic carbocycles. The van der Waals surface area contributed by atoms with Crippen LogP contribution in [0.4, 0.5) is 4.39 Å². The number of allylic oxidation sites excluding steroid dienone is 2. The molecule has 6 heteroatoms. The lowest BCUT2D eigenvalue weighted by molar-refractivity contribution is -0.118. The van der Waals surface area contributed by atoms with E-state index >= 15 is 0 Å². The van der Waals surface area contributed by atoms with Gasteiger partial charge in [0.1, 0.15) is 17.3 Å². The molecule has 1 unspecified atom stereocenters. The zero-order chi connectivity index (χ0) is 24.1. The van der Waals surface area contributed by atoms with Gasteiger partial charge in [0.25, 0.3) is 5.91 Å². The maximum absolute atomic E-state index is 13.8. The van der Waals surface area contributed by atoms with Gasteiger partial charge in [0.05, 0.1) is 5.57 Å². The first-order valence-electron chi connectivity index (χ1n) is 11.8. The Labute approximate surface area is 199 Å². The van der Waals surface area contributed by atoms with Crippen LogP contribution in [0.2, 0.25) is 0 Å². The molecule has 1 fully saturated rings. The zero-order valence-corrected chi connectivity index (χ0v) is 19.4. The molecule has 1 amide bonds. The lowest BCUT2D eigenvalue weighted by atomic mass is 9.88. The van der Waals surface area contributed by atoms with E-state index in [1.165, 1.54) is 18.6 Å². The maximum Gasteiger partial charge on any atom is 0.254 e. The van der Waals surface area contributed by atoms with E-state index in [2.05, 4.69) is 5.32 Å². The van der Waals surface area contributed by atoms with Crippen molar-refractivity contribution in [2.24, 2.45) is 5.92 Å². The molecule has 0 aromatic heterocycles. The van der Waals surface area contributed by atoms with Gasteiger partial charge in [-0.05, 0) is 80.3 Å². The zero-order valence-electron chi connectivity index (χ0n) is 19.4. The van der Waals surface area contributed by atoms with Crippen LogP contribution < -0.4 is 10.1 Å². The van der Waals surface area contributed by atoms with E-state index in [-0.39, 0.29) is 42.1 Å². The Morgan fingerprint density at radius 3 is 2.50 bits per heavy atom. The number of aliphatic hydroxyl groups is 1. The fourth-order valence-corrected chi connectivity index (χ4v) is 4.38. The summed E-state index contributed by atoms with van der Waals surface area (Å²) >= 11 is 0. The maximum atomic E-state index is 13.8. The van der Waals surface area contributed by atoms with Crippen molar-refractivity contribution in [1.82, 2.24) is 5.32 Å². The van der Waals surface area contributed by atoms with Crippen molar-refractivity contribution < 1.29 is 23.8 Å². The molecule has 34 heavy (non-hydrogen) atoms. The van der Waals surface area contributed by atoms with Crippen LogP contribution in [0.15, 0.2) is 71.0 Å². The molecule has 178 valence electrons. The predicted octanol–water partition coefficient (Wildman–Crippen LogP) is 5.96. The predicted molar refractivity (Wildman–Crippen MR) is 128 cm³/mol. The van der Waals surface area contributed by atoms with Gasteiger partial charge in [0.2, 0.25) is 0 Å². The number of amides is 1. The minimum atomic E-state index is -0.404. The van der Waals surface area contributed by atoms with Gasteiger partial charge in [0.15, 0.2) is 11.6 Å². The number of aliphatic hydroxyl groups excluding tert-OH is 1. The number of rotatable bonds is 8. The number of ketones is 1. The average molecular weight is 464 g/mol. The summed E-state index contributed by atoms with van der Waals surface area (Å²) in [5.41, 5.74) is 3.75. The van der Waals surface area contributed by atoms with Gasteiger partial charge in [-0.3, -0.25) is 9.59 Å². The van der Waals surface area contributed by atoms with Gasteiger partial charge in [-0.15, -0.1) is 0 Å². The molecule has 2 aromatic carbocycles. The Kier molecular flexibility index (Phi) is 7.46. The number of benzene rings is 2. The highest BCUT2D eigenvalue weighted by molar-refractivity contribution is 5.99. The molecule has 0 saturated heterocycles. The number of hydrogen-bond donors (Lipinski definition) is 2. The van der Waals surface area contributed by atoms with Crippen molar-refractivity contribution in [2.45, 2.75) is 51.9 Å². The molecule has 0 heterocycles. The van der Waals surface area contributed by atoms with E-state index in [1.807, 2.05) is 24.3 Å². The van der Waals surface area contributed by atoms with Gasteiger partial charge in [-0.25, -0.2) is 4.39 Å². The third-order valence-electron chi connectivity index (χ3n) is 6.30. The van der Waals surface area contributed by atoms with Crippen LogP contribution in [0.1, 0.15) is 51.0 Å². The summed E-state index contributed by atoms with van der Waals surface area (Å²) in [7, 11) is 0. The Morgan fingerprint density at radius 2 is 1.82 bits per heavy atom. The van der Waals surface area contributed by atoms with Crippen LogP contribution in [0.25, 0.3) is 0 Å². The van der Waals surface area contributed by atoms with Crippen LogP contribution in [0.3, 0.4) is 0 Å². The molecule has 1 saturated carbocycles. The summed E-state index contributed by atoms with van der Waals surface area (Å²) in [6.45, 7) is 1.77. The Balaban J connectivity index is 1.42. The summed E-state index contributed by atoms with van der Waals surface area (Å²) in [6, 6.07) is 13.9. The summed E-state index contributed by atoms with van der Waals surface area (Å²) in [4.78, 5) is 24.0. The second-order valence-electron chi connectivity index (χ2n) is 9.10. The van der Waals surface area contributed by atoms with Crippen LogP contribution in [-0.4, -0.2) is 23.3 Å². The topological polar surface area (TPSA) is 75.6 Å². The van der Waals surface area contributed by atoms with E-state index in [0.29, 0.717) is 17.7 Å². The van der Waals surface area contributed by atoms with Gasteiger partial charge >= 0.3 is 0 Å². The largest absolute Gasteiger partial charge is 0.511 e. The summed E-state index contributed by atoms with van der Waals surface area (Å²) in [5.74, 6) is 0.514. The third-order valence-corrected chi connectivity index (χ3v) is 6.30.